The van der Waals surface area contributed by atoms with Crippen LogP contribution in [0, 0.1) is 0 Å². The van der Waals surface area contributed by atoms with Gasteiger partial charge in [-0.2, -0.15) is 5.10 Å². The number of anilines is 2. The van der Waals surface area contributed by atoms with E-state index in [0.717, 1.165) is 54.3 Å². The molecular weight excluding hydrogens is 330 g/mol. The van der Waals surface area contributed by atoms with Gasteiger partial charge in [-0.1, -0.05) is 12.1 Å². The third kappa shape index (κ3) is 3.29. The van der Waals surface area contributed by atoms with E-state index in [9.17, 15) is 4.79 Å². The molecule has 0 aromatic heterocycles. The summed E-state index contributed by atoms with van der Waals surface area (Å²) in [5.74, 6) is 1.12. The Morgan fingerprint density at radius 3 is 2.64 bits per heavy atom. The molecule has 0 saturated carbocycles. The molecule has 0 unspecified atom stereocenters. The lowest BCUT2D eigenvalue weighted by Crippen LogP contribution is -2.31. The van der Waals surface area contributed by atoms with Crippen molar-refractivity contribution in [1.29, 1.82) is 0 Å². The summed E-state index contributed by atoms with van der Waals surface area (Å²) >= 11 is 1.83. The van der Waals surface area contributed by atoms with Crippen molar-refractivity contribution in [3.8, 4) is 0 Å². The largest absolute Gasteiger partial charge is 0.307 e. The highest BCUT2D eigenvalue weighted by Crippen LogP contribution is 2.34. The van der Waals surface area contributed by atoms with Crippen LogP contribution in [0.4, 0.5) is 11.4 Å². The molecule has 0 N–H and O–H groups in total. The fourth-order valence-electron chi connectivity index (χ4n) is 3.23. The highest BCUT2D eigenvalue weighted by molar-refractivity contribution is 7.99. The van der Waals surface area contributed by atoms with Gasteiger partial charge in [0.25, 0.3) is 5.91 Å². The fraction of sp³-hybridized carbons (Fsp3) is 0.300. The maximum absolute atomic E-state index is 13.1. The second kappa shape index (κ2) is 6.92. The zero-order valence-electron chi connectivity index (χ0n) is 14.3. The van der Waals surface area contributed by atoms with Crippen molar-refractivity contribution in [3.63, 3.8) is 0 Å². The van der Waals surface area contributed by atoms with Gasteiger partial charge in [-0.25, -0.2) is 0 Å². The molecule has 25 heavy (non-hydrogen) atoms. The first-order chi connectivity index (χ1) is 12.2. The van der Waals surface area contributed by atoms with Gasteiger partial charge < -0.3 is 4.90 Å². The van der Waals surface area contributed by atoms with Crippen LogP contribution in [0.15, 0.2) is 58.5 Å². The molecule has 0 atom stereocenters. The van der Waals surface area contributed by atoms with Crippen LogP contribution < -0.4 is 9.91 Å². The Morgan fingerprint density at radius 2 is 1.88 bits per heavy atom. The molecule has 5 heteroatoms. The maximum atomic E-state index is 13.1. The predicted octanol–water partition coefficient (Wildman–Crippen LogP) is 4.42. The van der Waals surface area contributed by atoms with Crippen molar-refractivity contribution in [2.24, 2.45) is 5.10 Å². The lowest BCUT2D eigenvalue weighted by molar-refractivity contribution is 0.0986. The predicted molar refractivity (Wildman–Crippen MR) is 105 cm³/mol. The molecule has 0 fully saturated rings. The molecule has 2 aromatic rings. The summed E-state index contributed by atoms with van der Waals surface area (Å²) in [6.07, 6.45) is 2.01. The molecule has 4 rings (SSSR count). The average Bonchev–Trinajstić information content (AvgIpc) is 2.97. The van der Waals surface area contributed by atoms with Gasteiger partial charge in [0.15, 0.2) is 0 Å². The molecule has 0 aliphatic carbocycles. The second-order valence-corrected chi connectivity index (χ2v) is 7.52. The van der Waals surface area contributed by atoms with Crippen molar-refractivity contribution >= 4 is 34.8 Å². The minimum atomic E-state index is 0.0719. The van der Waals surface area contributed by atoms with Crippen molar-refractivity contribution < 1.29 is 4.79 Å². The number of hydrogen-bond donors (Lipinski definition) is 0. The number of carbonyl (C=O) groups excluding carboxylic acids is 1. The van der Waals surface area contributed by atoms with E-state index in [0.29, 0.717) is 0 Å². The summed E-state index contributed by atoms with van der Waals surface area (Å²) in [7, 11) is 0. The van der Waals surface area contributed by atoms with Crippen molar-refractivity contribution in [1.82, 2.24) is 0 Å². The van der Waals surface area contributed by atoms with Gasteiger partial charge >= 0.3 is 0 Å². The first-order valence-electron chi connectivity index (χ1n) is 8.68. The number of nitrogens with zero attached hydrogens (tertiary/aromatic N) is 3. The average molecular weight is 351 g/mol. The van der Waals surface area contributed by atoms with Gasteiger partial charge in [0, 0.05) is 35.7 Å². The van der Waals surface area contributed by atoms with Crippen LogP contribution in [-0.4, -0.2) is 30.5 Å². The Bertz CT molecular complexity index is 816. The van der Waals surface area contributed by atoms with E-state index >= 15 is 0 Å². The van der Waals surface area contributed by atoms with E-state index in [4.69, 9.17) is 0 Å². The number of rotatable bonds is 2. The van der Waals surface area contributed by atoms with E-state index in [-0.39, 0.29) is 5.91 Å². The first kappa shape index (κ1) is 16.2. The summed E-state index contributed by atoms with van der Waals surface area (Å²) in [6, 6.07) is 16.0. The van der Waals surface area contributed by atoms with Gasteiger partial charge in [-0.3, -0.25) is 9.80 Å². The number of carbonyl (C=O) groups is 1. The van der Waals surface area contributed by atoms with Gasteiger partial charge in [-0.15, -0.1) is 11.8 Å². The zero-order valence-corrected chi connectivity index (χ0v) is 15.1. The summed E-state index contributed by atoms with van der Waals surface area (Å²) in [6.45, 7) is 3.72. The van der Waals surface area contributed by atoms with Crippen molar-refractivity contribution in [2.75, 3.05) is 28.8 Å². The summed E-state index contributed by atoms with van der Waals surface area (Å²) < 4.78 is 0. The summed E-state index contributed by atoms with van der Waals surface area (Å²) in [5, 5.41) is 6.52. The van der Waals surface area contributed by atoms with Gasteiger partial charge in [0.05, 0.1) is 11.4 Å². The molecule has 0 radical (unpaired) electrons. The van der Waals surface area contributed by atoms with Crippen LogP contribution in [0.5, 0.6) is 0 Å². The third-order valence-corrected chi connectivity index (χ3v) is 5.72. The highest BCUT2D eigenvalue weighted by atomic mass is 32.2. The number of thioether (sulfide) groups is 1. The van der Waals surface area contributed by atoms with E-state index in [1.165, 1.54) is 4.90 Å². The molecule has 2 aliphatic rings. The van der Waals surface area contributed by atoms with Crippen molar-refractivity contribution in [3.05, 3.63) is 54.1 Å². The Morgan fingerprint density at radius 1 is 1.08 bits per heavy atom. The molecule has 2 aromatic carbocycles. The Kier molecular flexibility index (Phi) is 4.49. The quantitative estimate of drug-likeness (QED) is 0.804. The summed E-state index contributed by atoms with van der Waals surface area (Å²) in [5.41, 5.74) is 3.95. The third-order valence-electron chi connectivity index (χ3n) is 4.57. The molecule has 0 bridgehead atoms. The number of hydrazone groups is 1. The monoisotopic (exact) mass is 351 g/mol. The molecule has 128 valence electrons. The normalized spacial score (nSPS) is 17.1. The smallest absolute Gasteiger partial charge is 0.258 e. The standard InChI is InChI=1S/C20H21N3OS/c1-15-11-13-23(21-15)17-9-7-16(8-10-17)20(24)22-12-4-14-25-19-6-3-2-5-18(19)22/h2-3,5-10H,4,11-14H2,1H3. The zero-order chi connectivity index (χ0) is 17.2. The highest BCUT2D eigenvalue weighted by Gasteiger charge is 2.22. The van der Waals surface area contributed by atoms with Gasteiger partial charge in [0.1, 0.15) is 0 Å². The fourth-order valence-corrected chi connectivity index (χ4v) is 4.23. The van der Waals surface area contributed by atoms with E-state index in [1.54, 1.807) is 0 Å². The Balaban J connectivity index is 1.59. The number of benzene rings is 2. The summed E-state index contributed by atoms with van der Waals surface area (Å²) in [4.78, 5) is 16.2. The molecule has 1 amide bonds. The number of amides is 1. The van der Waals surface area contributed by atoms with Crippen LogP contribution in [0.1, 0.15) is 30.1 Å². The Hall–Kier alpha value is -2.27. The SMILES string of the molecule is CC1=NN(c2ccc(C(=O)N3CCCSc4ccccc43)cc2)CC1. The topological polar surface area (TPSA) is 35.9 Å². The Labute approximate surface area is 152 Å². The van der Waals surface area contributed by atoms with Gasteiger partial charge in [-0.05, 0) is 55.5 Å². The van der Waals surface area contributed by atoms with Crippen LogP contribution in [0.3, 0.4) is 0 Å². The van der Waals surface area contributed by atoms with Gasteiger partial charge in [0.2, 0.25) is 0 Å². The second-order valence-electron chi connectivity index (χ2n) is 6.38. The van der Waals surface area contributed by atoms with Crippen LogP contribution in [0.25, 0.3) is 0 Å². The lowest BCUT2D eigenvalue weighted by atomic mass is 10.1. The molecule has 2 heterocycles. The molecule has 0 saturated heterocycles. The maximum Gasteiger partial charge on any atom is 0.258 e. The van der Waals surface area contributed by atoms with Crippen molar-refractivity contribution in [2.45, 2.75) is 24.7 Å². The minimum Gasteiger partial charge on any atom is -0.307 e. The molecule has 2 aliphatic heterocycles. The molecule has 0 spiro atoms. The number of fused-ring (bicyclic) bond motifs is 1. The number of para-hydroxylation sites is 1. The van der Waals surface area contributed by atoms with Crippen LogP contribution >= 0.6 is 11.8 Å². The van der Waals surface area contributed by atoms with Crippen LogP contribution in [0.2, 0.25) is 0 Å². The lowest BCUT2D eigenvalue weighted by Gasteiger charge is -2.23. The number of hydrogen-bond acceptors (Lipinski definition) is 4. The molecular formula is C20H21N3OS. The van der Waals surface area contributed by atoms with E-state index < -0.39 is 0 Å². The molecule has 4 nitrogen and oxygen atoms in total. The van der Waals surface area contributed by atoms with E-state index in [2.05, 4.69) is 11.2 Å². The first-order valence-corrected chi connectivity index (χ1v) is 9.66. The van der Waals surface area contributed by atoms with Crippen LogP contribution in [-0.2, 0) is 0 Å². The minimum absolute atomic E-state index is 0.0719. The van der Waals surface area contributed by atoms with E-state index in [1.807, 2.05) is 71.1 Å².